The van der Waals surface area contributed by atoms with Crippen LogP contribution in [0.1, 0.15) is 15.9 Å². The van der Waals surface area contributed by atoms with Gasteiger partial charge in [-0.05, 0) is 29.8 Å². The number of nitrogens with zero attached hydrogens (tertiary/aromatic N) is 1. The van der Waals surface area contributed by atoms with Crippen LogP contribution in [0, 0.1) is 5.92 Å². The lowest BCUT2D eigenvalue weighted by Gasteiger charge is -2.35. The lowest BCUT2D eigenvalue weighted by atomic mass is 9.81. The zero-order valence-corrected chi connectivity index (χ0v) is 14.6. The molecular formula is C19H20N4OS. The number of hydrogen-bond donors (Lipinski definition) is 3. The summed E-state index contributed by atoms with van der Waals surface area (Å²) >= 11 is 1.61. The number of nitrogen functional groups attached to an aromatic ring is 1. The first kappa shape index (κ1) is 16.2. The molecule has 6 heteroatoms. The van der Waals surface area contributed by atoms with E-state index in [4.69, 9.17) is 10.7 Å². The number of amidine groups is 1. The fourth-order valence-corrected chi connectivity index (χ4v) is 4.65. The first-order chi connectivity index (χ1) is 12.2. The summed E-state index contributed by atoms with van der Waals surface area (Å²) in [5, 5.41) is 7.10. The van der Waals surface area contributed by atoms with Crippen molar-refractivity contribution in [1.29, 1.82) is 0 Å². The monoisotopic (exact) mass is 352 g/mol. The highest BCUT2D eigenvalue weighted by Gasteiger charge is 2.47. The molecule has 0 spiro atoms. The molecule has 2 aromatic carbocycles. The second-order valence-electron chi connectivity index (χ2n) is 6.43. The summed E-state index contributed by atoms with van der Waals surface area (Å²) < 4.78 is 0. The smallest absolute Gasteiger partial charge is 0.257 e. The van der Waals surface area contributed by atoms with Crippen LogP contribution in [0.3, 0.4) is 0 Å². The molecule has 1 saturated heterocycles. The van der Waals surface area contributed by atoms with Crippen molar-refractivity contribution in [2.75, 3.05) is 24.6 Å². The molecule has 0 bridgehead atoms. The highest BCUT2D eigenvalue weighted by molar-refractivity contribution is 8.13. The van der Waals surface area contributed by atoms with Crippen LogP contribution in [-0.2, 0) is 5.54 Å². The van der Waals surface area contributed by atoms with Gasteiger partial charge >= 0.3 is 0 Å². The minimum Gasteiger partial charge on any atom is -0.399 e. The fraction of sp³-hybridized carbons (Fsp3) is 0.263. The number of benzene rings is 2. The molecule has 1 amide bonds. The zero-order chi connectivity index (χ0) is 17.3. The molecule has 0 radical (unpaired) electrons. The number of nitrogens with one attached hydrogen (secondary N) is 2. The number of carbonyl (C=O) groups is 1. The molecule has 25 heavy (non-hydrogen) atoms. The minimum atomic E-state index is -0.361. The van der Waals surface area contributed by atoms with Gasteiger partial charge in [-0.25, -0.2) is 4.99 Å². The number of anilines is 1. The maximum atomic E-state index is 12.5. The van der Waals surface area contributed by atoms with Crippen LogP contribution in [0.5, 0.6) is 0 Å². The summed E-state index contributed by atoms with van der Waals surface area (Å²) in [5.41, 5.74) is 8.11. The summed E-state index contributed by atoms with van der Waals surface area (Å²) in [6, 6.07) is 17.1. The molecule has 5 nitrogen and oxygen atoms in total. The van der Waals surface area contributed by atoms with E-state index in [9.17, 15) is 4.79 Å². The molecule has 4 rings (SSSR count). The van der Waals surface area contributed by atoms with Gasteiger partial charge in [-0.15, -0.1) is 0 Å². The Hall–Kier alpha value is -2.31. The predicted molar refractivity (Wildman–Crippen MR) is 103 cm³/mol. The molecule has 4 N–H and O–H groups in total. The second kappa shape index (κ2) is 6.54. The summed E-state index contributed by atoms with van der Waals surface area (Å²) in [6.07, 6.45) is 0. The molecule has 2 aliphatic rings. The van der Waals surface area contributed by atoms with Crippen LogP contribution in [-0.4, -0.2) is 29.9 Å². The summed E-state index contributed by atoms with van der Waals surface area (Å²) in [6.45, 7) is 1.68. The molecule has 1 fully saturated rings. The van der Waals surface area contributed by atoms with E-state index in [1.54, 1.807) is 23.9 Å². The number of carbonyl (C=O) groups excluding carboxylic acids is 1. The Morgan fingerprint density at radius 3 is 2.88 bits per heavy atom. The average molecular weight is 352 g/mol. The van der Waals surface area contributed by atoms with Crippen LogP contribution in [0.4, 0.5) is 5.69 Å². The number of thioether (sulfide) groups is 1. The van der Waals surface area contributed by atoms with Gasteiger partial charge in [0, 0.05) is 36.0 Å². The fourth-order valence-electron chi connectivity index (χ4n) is 3.50. The molecule has 128 valence electrons. The Kier molecular flexibility index (Phi) is 4.23. The van der Waals surface area contributed by atoms with Gasteiger partial charge in [0.15, 0.2) is 5.17 Å². The zero-order valence-electron chi connectivity index (χ0n) is 13.7. The Labute approximate surface area is 151 Å². The van der Waals surface area contributed by atoms with Crippen LogP contribution in [0.2, 0.25) is 0 Å². The quantitative estimate of drug-likeness (QED) is 0.724. The lowest BCUT2D eigenvalue weighted by Crippen LogP contribution is -2.42. The van der Waals surface area contributed by atoms with Crippen molar-refractivity contribution < 1.29 is 4.79 Å². The summed E-state index contributed by atoms with van der Waals surface area (Å²) in [4.78, 5) is 17.4. The first-order valence-electron chi connectivity index (χ1n) is 8.33. The van der Waals surface area contributed by atoms with Crippen LogP contribution < -0.4 is 16.4 Å². The molecule has 2 heterocycles. The van der Waals surface area contributed by atoms with E-state index in [0.29, 0.717) is 16.6 Å². The topological polar surface area (TPSA) is 79.5 Å². The van der Waals surface area contributed by atoms with E-state index in [-0.39, 0.29) is 11.4 Å². The number of hydrogen-bond acceptors (Lipinski definition) is 5. The Morgan fingerprint density at radius 2 is 2.08 bits per heavy atom. The van der Waals surface area contributed by atoms with E-state index >= 15 is 0 Å². The van der Waals surface area contributed by atoms with Crippen molar-refractivity contribution in [3.8, 4) is 0 Å². The minimum absolute atomic E-state index is 0.126. The van der Waals surface area contributed by atoms with Gasteiger partial charge in [0.05, 0.1) is 0 Å². The number of nitrogens with two attached hydrogens (primary N) is 1. The van der Waals surface area contributed by atoms with E-state index in [1.165, 1.54) is 0 Å². The van der Waals surface area contributed by atoms with Gasteiger partial charge < -0.3 is 16.4 Å². The third kappa shape index (κ3) is 3.03. The van der Waals surface area contributed by atoms with Crippen molar-refractivity contribution >= 4 is 28.5 Å². The molecule has 2 atom stereocenters. The number of fused-ring (bicyclic) bond motifs is 1. The molecule has 0 aromatic heterocycles. The molecule has 0 aliphatic carbocycles. The molecule has 2 aliphatic heterocycles. The van der Waals surface area contributed by atoms with E-state index in [2.05, 4.69) is 16.7 Å². The average Bonchev–Trinajstić information content (AvgIpc) is 3.07. The standard InChI is InChI=1S/C19H20N4OS/c20-16-8-4-7-14(9-16)19-12-21-10-15(19)11-25-18(23-19)22-17(24)13-5-2-1-3-6-13/h1-9,15,21H,10-12,20H2,(H,22,23,24)/t15-,19?/m0/s1. The normalized spacial score (nSPS) is 25.1. The molecule has 2 aromatic rings. The summed E-state index contributed by atoms with van der Waals surface area (Å²) in [7, 11) is 0. The van der Waals surface area contributed by atoms with Crippen molar-refractivity contribution in [3.63, 3.8) is 0 Å². The molecular weight excluding hydrogens is 332 g/mol. The number of aliphatic imine (C=N–C) groups is 1. The van der Waals surface area contributed by atoms with Crippen molar-refractivity contribution in [1.82, 2.24) is 10.6 Å². The molecule has 1 unspecified atom stereocenters. The third-order valence-corrected chi connectivity index (χ3v) is 5.86. The van der Waals surface area contributed by atoms with Gasteiger partial charge in [-0.1, -0.05) is 42.1 Å². The summed E-state index contributed by atoms with van der Waals surface area (Å²) in [5.74, 6) is 1.17. The lowest BCUT2D eigenvalue weighted by molar-refractivity contribution is 0.0977. The van der Waals surface area contributed by atoms with E-state index in [0.717, 1.165) is 30.1 Å². The molecule has 0 saturated carbocycles. The van der Waals surface area contributed by atoms with Crippen LogP contribution in [0.25, 0.3) is 0 Å². The second-order valence-corrected chi connectivity index (χ2v) is 7.43. The van der Waals surface area contributed by atoms with E-state index < -0.39 is 0 Å². The van der Waals surface area contributed by atoms with Gasteiger partial charge in [0.2, 0.25) is 0 Å². The number of rotatable bonds is 2. The van der Waals surface area contributed by atoms with Crippen LogP contribution >= 0.6 is 11.8 Å². The maximum Gasteiger partial charge on any atom is 0.257 e. The Bertz CT molecular complexity index is 823. The van der Waals surface area contributed by atoms with Gasteiger partial charge in [-0.2, -0.15) is 0 Å². The van der Waals surface area contributed by atoms with Crippen molar-refractivity contribution in [3.05, 3.63) is 65.7 Å². The SMILES string of the molecule is Nc1cccc(C23CNC[C@H]2CSC(NC(=O)c2ccccc2)=N3)c1. The number of amides is 1. The third-order valence-electron chi connectivity index (χ3n) is 4.83. The largest absolute Gasteiger partial charge is 0.399 e. The Morgan fingerprint density at radius 1 is 1.24 bits per heavy atom. The Balaban J connectivity index is 1.66. The van der Waals surface area contributed by atoms with Crippen molar-refractivity contribution in [2.45, 2.75) is 5.54 Å². The highest BCUT2D eigenvalue weighted by atomic mass is 32.2. The highest BCUT2D eigenvalue weighted by Crippen LogP contribution is 2.43. The predicted octanol–water partition coefficient (Wildman–Crippen LogP) is 2.22. The van der Waals surface area contributed by atoms with E-state index in [1.807, 2.05) is 36.4 Å². The van der Waals surface area contributed by atoms with Gasteiger partial charge in [0.1, 0.15) is 5.54 Å². The van der Waals surface area contributed by atoms with Gasteiger partial charge in [0.25, 0.3) is 5.91 Å². The van der Waals surface area contributed by atoms with Gasteiger partial charge in [-0.3, -0.25) is 4.79 Å². The maximum absolute atomic E-state index is 12.5. The van der Waals surface area contributed by atoms with Crippen LogP contribution in [0.15, 0.2) is 59.6 Å². The van der Waals surface area contributed by atoms with Crippen molar-refractivity contribution in [2.24, 2.45) is 10.9 Å². The first-order valence-corrected chi connectivity index (χ1v) is 9.32.